The van der Waals surface area contributed by atoms with Crippen molar-refractivity contribution in [3.63, 3.8) is 0 Å². The average Bonchev–Trinajstić information content (AvgIpc) is 2.94. The third-order valence-corrected chi connectivity index (χ3v) is 4.05. The van der Waals surface area contributed by atoms with E-state index >= 15 is 0 Å². The summed E-state index contributed by atoms with van der Waals surface area (Å²) in [5.41, 5.74) is 6.97. The molecule has 3 aromatic rings. The molecule has 3 heterocycles. The first-order valence-electron chi connectivity index (χ1n) is 5.16. The molecule has 0 aromatic carbocycles. The van der Waals surface area contributed by atoms with Crippen LogP contribution in [0.3, 0.4) is 0 Å². The van der Waals surface area contributed by atoms with Crippen LogP contribution in [-0.4, -0.2) is 19.9 Å². The quantitative estimate of drug-likeness (QED) is 0.687. The van der Waals surface area contributed by atoms with Crippen LogP contribution < -0.4 is 11.1 Å². The highest BCUT2D eigenvalue weighted by Gasteiger charge is 2.08. The number of anilines is 2. The van der Waals surface area contributed by atoms with Crippen LogP contribution in [0.25, 0.3) is 11.2 Å². The fourth-order valence-electron chi connectivity index (χ4n) is 1.60. The Balaban J connectivity index is 1.87. The van der Waals surface area contributed by atoms with Gasteiger partial charge in [0, 0.05) is 14.7 Å². The number of fused-ring (bicyclic) bond motifs is 1. The Kier molecular flexibility index (Phi) is 2.88. The monoisotopic (exact) mass is 324 g/mol. The first-order valence-corrected chi connectivity index (χ1v) is 6.83. The largest absolute Gasteiger partial charge is 0.368 e. The van der Waals surface area contributed by atoms with E-state index in [0.717, 1.165) is 9.99 Å². The lowest BCUT2D eigenvalue weighted by Gasteiger charge is -2.05. The zero-order valence-corrected chi connectivity index (χ0v) is 11.5. The first-order chi connectivity index (χ1) is 8.72. The van der Waals surface area contributed by atoms with Gasteiger partial charge in [-0.1, -0.05) is 0 Å². The zero-order chi connectivity index (χ0) is 12.5. The number of aromatic amines is 1. The molecule has 4 N–H and O–H groups in total. The molecule has 0 radical (unpaired) electrons. The Morgan fingerprint density at radius 2 is 2.33 bits per heavy atom. The minimum absolute atomic E-state index is 0.212. The number of thiophene rings is 1. The summed E-state index contributed by atoms with van der Waals surface area (Å²) in [4.78, 5) is 16.5. The van der Waals surface area contributed by atoms with Gasteiger partial charge in [-0.3, -0.25) is 0 Å². The van der Waals surface area contributed by atoms with Crippen molar-refractivity contribution in [1.29, 1.82) is 0 Å². The summed E-state index contributed by atoms with van der Waals surface area (Å²) in [6.07, 6.45) is 1.58. The first kappa shape index (κ1) is 11.4. The number of imidazole rings is 1. The predicted molar refractivity (Wildman–Crippen MR) is 75.4 cm³/mol. The Morgan fingerprint density at radius 3 is 3.11 bits per heavy atom. The second kappa shape index (κ2) is 4.54. The van der Waals surface area contributed by atoms with Crippen molar-refractivity contribution >= 4 is 50.2 Å². The van der Waals surface area contributed by atoms with Gasteiger partial charge >= 0.3 is 0 Å². The normalized spacial score (nSPS) is 10.9. The Morgan fingerprint density at radius 1 is 1.44 bits per heavy atom. The van der Waals surface area contributed by atoms with E-state index in [1.54, 1.807) is 17.7 Å². The van der Waals surface area contributed by atoms with E-state index in [4.69, 9.17) is 5.73 Å². The number of hydrogen-bond donors (Lipinski definition) is 3. The summed E-state index contributed by atoms with van der Waals surface area (Å²) < 4.78 is 1.08. The lowest BCUT2D eigenvalue weighted by atomic mass is 10.4. The summed E-state index contributed by atoms with van der Waals surface area (Å²) in [6, 6.07) is 2.06. The molecule has 8 heteroatoms. The van der Waals surface area contributed by atoms with Gasteiger partial charge in [0.1, 0.15) is 5.52 Å². The van der Waals surface area contributed by atoms with Crippen LogP contribution in [-0.2, 0) is 6.54 Å². The van der Waals surface area contributed by atoms with Gasteiger partial charge in [-0.25, -0.2) is 4.98 Å². The number of hydrogen-bond acceptors (Lipinski definition) is 6. The van der Waals surface area contributed by atoms with Gasteiger partial charge in [0.2, 0.25) is 5.95 Å². The van der Waals surface area contributed by atoms with Crippen LogP contribution >= 0.6 is 27.3 Å². The third-order valence-electron chi connectivity index (χ3n) is 2.35. The molecule has 0 aliphatic heterocycles. The number of nitrogens with zero attached hydrogens (tertiary/aromatic N) is 3. The molecule has 0 saturated heterocycles. The van der Waals surface area contributed by atoms with Gasteiger partial charge in [-0.15, -0.1) is 11.3 Å². The average molecular weight is 325 g/mol. The van der Waals surface area contributed by atoms with E-state index < -0.39 is 0 Å². The number of halogens is 1. The van der Waals surface area contributed by atoms with Crippen molar-refractivity contribution < 1.29 is 0 Å². The van der Waals surface area contributed by atoms with Crippen molar-refractivity contribution in [2.24, 2.45) is 0 Å². The SMILES string of the molecule is Nc1nc(NCc2cc(Br)cs2)c2[nH]cnc2n1. The molecule has 0 saturated carbocycles. The van der Waals surface area contributed by atoms with Gasteiger partial charge in [0.25, 0.3) is 0 Å². The summed E-state index contributed by atoms with van der Waals surface area (Å²) in [5, 5.41) is 5.27. The fourth-order valence-corrected chi connectivity index (χ4v) is 2.99. The van der Waals surface area contributed by atoms with E-state index in [1.807, 2.05) is 5.38 Å². The Labute approximate surface area is 115 Å². The van der Waals surface area contributed by atoms with Crippen LogP contribution in [0.2, 0.25) is 0 Å². The predicted octanol–water partition coefficient (Wildman–Crippen LogP) is 2.37. The van der Waals surface area contributed by atoms with E-state index in [1.165, 1.54) is 4.88 Å². The molecule has 0 unspecified atom stereocenters. The molecule has 92 valence electrons. The maximum Gasteiger partial charge on any atom is 0.224 e. The Hall–Kier alpha value is -1.67. The maximum atomic E-state index is 5.64. The van der Waals surface area contributed by atoms with Crippen molar-refractivity contribution in [1.82, 2.24) is 19.9 Å². The van der Waals surface area contributed by atoms with Crippen molar-refractivity contribution in [2.75, 3.05) is 11.1 Å². The number of aromatic nitrogens is 4. The summed E-state index contributed by atoms with van der Waals surface area (Å²) >= 11 is 5.09. The molecular weight excluding hydrogens is 316 g/mol. The second-order valence-corrected chi connectivity index (χ2v) is 5.53. The zero-order valence-electron chi connectivity index (χ0n) is 9.14. The topological polar surface area (TPSA) is 92.5 Å². The summed E-state index contributed by atoms with van der Waals surface area (Å²) in [7, 11) is 0. The van der Waals surface area contributed by atoms with Crippen LogP contribution in [0.5, 0.6) is 0 Å². The summed E-state index contributed by atoms with van der Waals surface area (Å²) in [6.45, 7) is 0.681. The number of rotatable bonds is 3. The second-order valence-electron chi connectivity index (χ2n) is 3.62. The number of nitrogen functional groups attached to an aromatic ring is 1. The molecule has 0 aliphatic carbocycles. The molecule has 3 aromatic heterocycles. The fraction of sp³-hybridized carbons (Fsp3) is 0.100. The van der Waals surface area contributed by atoms with E-state index in [-0.39, 0.29) is 5.95 Å². The van der Waals surface area contributed by atoms with Gasteiger partial charge in [-0.05, 0) is 22.0 Å². The minimum atomic E-state index is 0.212. The van der Waals surface area contributed by atoms with Crippen molar-refractivity contribution in [3.8, 4) is 0 Å². The van der Waals surface area contributed by atoms with Gasteiger partial charge in [0.15, 0.2) is 11.5 Å². The standard InChI is InChI=1S/C10H9BrN6S/c11-5-1-6(18-3-5)2-13-8-7-9(15-4-14-7)17-10(12)16-8/h1,3-4H,2H2,(H4,12,13,14,15,16,17). The van der Waals surface area contributed by atoms with Crippen LogP contribution in [0.1, 0.15) is 4.88 Å². The van der Waals surface area contributed by atoms with Gasteiger partial charge in [0.05, 0.1) is 12.9 Å². The molecule has 0 aliphatic rings. The molecule has 0 bridgehead atoms. The molecule has 18 heavy (non-hydrogen) atoms. The van der Waals surface area contributed by atoms with E-state index in [0.29, 0.717) is 18.0 Å². The highest BCUT2D eigenvalue weighted by atomic mass is 79.9. The van der Waals surface area contributed by atoms with E-state index in [9.17, 15) is 0 Å². The third kappa shape index (κ3) is 2.16. The summed E-state index contributed by atoms with van der Waals surface area (Å²) in [5.74, 6) is 0.879. The van der Waals surface area contributed by atoms with Gasteiger partial charge in [-0.2, -0.15) is 9.97 Å². The minimum Gasteiger partial charge on any atom is -0.368 e. The molecule has 3 rings (SSSR count). The highest BCUT2D eigenvalue weighted by molar-refractivity contribution is 9.10. The molecule has 6 nitrogen and oxygen atoms in total. The Bertz CT molecular complexity index is 691. The lowest BCUT2D eigenvalue weighted by molar-refractivity contribution is 1.13. The number of nitrogens with two attached hydrogens (primary N) is 1. The van der Waals surface area contributed by atoms with Crippen LogP contribution in [0, 0.1) is 0 Å². The highest BCUT2D eigenvalue weighted by Crippen LogP contribution is 2.22. The van der Waals surface area contributed by atoms with E-state index in [2.05, 4.69) is 47.2 Å². The number of nitrogens with one attached hydrogen (secondary N) is 2. The molecule has 0 spiro atoms. The van der Waals surface area contributed by atoms with Crippen molar-refractivity contribution in [3.05, 3.63) is 27.1 Å². The van der Waals surface area contributed by atoms with Crippen LogP contribution in [0.4, 0.5) is 11.8 Å². The smallest absolute Gasteiger partial charge is 0.224 e. The maximum absolute atomic E-state index is 5.64. The molecule has 0 atom stereocenters. The van der Waals surface area contributed by atoms with Crippen LogP contribution in [0.15, 0.2) is 22.2 Å². The molecule has 0 fully saturated rings. The lowest BCUT2D eigenvalue weighted by Crippen LogP contribution is -2.04. The number of H-pyrrole nitrogens is 1. The molecular formula is C10H9BrN6S. The molecule has 0 amide bonds. The van der Waals surface area contributed by atoms with Gasteiger partial charge < -0.3 is 16.0 Å². The van der Waals surface area contributed by atoms with Crippen molar-refractivity contribution in [2.45, 2.75) is 6.54 Å².